The maximum absolute atomic E-state index is 12.5. The topological polar surface area (TPSA) is 40.5 Å². The molecule has 1 amide bonds. The van der Waals surface area contributed by atoms with Crippen molar-refractivity contribution in [2.45, 2.75) is 38.3 Å². The van der Waals surface area contributed by atoms with Gasteiger partial charge in [0.25, 0.3) is 5.91 Å². The number of likely N-dealkylation sites (tertiary alicyclic amines) is 1. The van der Waals surface area contributed by atoms with Gasteiger partial charge < -0.3 is 10.0 Å². The van der Waals surface area contributed by atoms with Crippen molar-refractivity contribution in [1.29, 1.82) is 0 Å². The summed E-state index contributed by atoms with van der Waals surface area (Å²) in [5.41, 5.74) is 0.0437. The van der Waals surface area contributed by atoms with Crippen LogP contribution in [0.1, 0.15) is 37.0 Å². The molecular weight excluding hydrogens is 250 g/mol. The maximum Gasteiger partial charge on any atom is 0.254 e. The highest BCUT2D eigenvalue weighted by molar-refractivity contribution is 6.30. The number of carbonyl (C=O) groups is 1. The summed E-state index contributed by atoms with van der Waals surface area (Å²) in [6, 6.07) is 6.93. The number of piperidine rings is 1. The molecular formula is C14H18ClNO2. The summed E-state index contributed by atoms with van der Waals surface area (Å²) in [5.74, 6) is -0.0683. The molecule has 1 aliphatic heterocycles. The SMILES string of the molecule is CC1(C)C(O)CCCN1C(=O)c1cccc(Cl)c1. The standard InChI is InChI=1S/C14H18ClNO2/c1-14(2)12(17)7-4-8-16(14)13(18)10-5-3-6-11(15)9-10/h3,5-6,9,12,17H,4,7-8H2,1-2H3. The number of aliphatic hydroxyl groups excluding tert-OH is 1. The van der Waals surface area contributed by atoms with Crippen molar-refractivity contribution >= 4 is 17.5 Å². The molecule has 0 saturated carbocycles. The van der Waals surface area contributed by atoms with Gasteiger partial charge in [-0.2, -0.15) is 0 Å². The molecule has 1 aromatic carbocycles. The monoisotopic (exact) mass is 267 g/mol. The molecule has 0 spiro atoms. The zero-order valence-corrected chi connectivity index (χ0v) is 11.4. The van der Waals surface area contributed by atoms with Crippen LogP contribution < -0.4 is 0 Å². The molecule has 0 aliphatic carbocycles. The summed E-state index contributed by atoms with van der Waals surface area (Å²) >= 11 is 5.91. The zero-order valence-electron chi connectivity index (χ0n) is 10.7. The number of carbonyl (C=O) groups excluding carboxylic acids is 1. The first-order valence-corrected chi connectivity index (χ1v) is 6.56. The van der Waals surface area contributed by atoms with Crippen molar-refractivity contribution in [3.05, 3.63) is 34.9 Å². The minimum absolute atomic E-state index is 0.0683. The Morgan fingerprint density at radius 3 is 2.89 bits per heavy atom. The highest BCUT2D eigenvalue weighted by atomic mass is 35.5. The second-order valence-electron chi connectivity index (χ2n) is 5.28. The van der Waals surface area contributed by atoms with Gasteiger partial charge in [-0.3, -0.25) is 4.79 Å². The Labute approximate surface area is 112 Å². The van der Waals surface area contributed by atoms with E-state index < -0.39 is 11.6 Å². The van der Waals surface area contributed by atoms with Crippen LogP contribution in [-0.4, -0.2) is 34.1 Å². The van der Waals surface area contributed by atoms with E-state index in [0.29, 0.717) is 17.1 Å². The number of hydrogen-bond acceptors (Lipinski definition) is 2. The van der Waals surface area contributed by atoms with Crippen LogP contribution in [0.25, 0.3) is 0 Å². The fraction of sp³-hybridized carbons (Fsp3) is 0.500. The molecule has 3 nitrogen and oxygen atoms in total. The van der Waals surface area contributed by atoms with Crippen LogP contribution in [0, 0.1) is 0 Å². The van der Waals surface area contributed by atoms with Gasteiger partial charge in [0.2, 0.25) is 0 Å². The van der Waals surface area contributed by atoms with Crippen molar-refractivity contribution < 1.29 is 9.90 Å². The molecule has 0 aromatic heterocycles. The van der Waals surface area contributed by atoms with Gasteiger partial charge >= 0.3 is 0 Å². The molecule has 1 fully saturated rings. The minimum Gasteiger partial charge on any atom is -0.391 e. The van der Waals surface area contributed by atoms with Crippen LogP contribution in [0.4, 0.5) is 0 Å². The molecule has 1 atom stereocenters. The Morgan fingerprint density at radius 2 is 2.22 bits per heavy atom. The van der Waals surface area contributed by atoms with E-state index in [0.717, 1.165) is 12.8 Å². The summed E-state index contributed by atoms with van der Waals surface area (Å²) in [4.78, 5) is 14.2. The lowest BCUT2D eigenvalue weighted by molar-refractivity contribution is -0.0307. The number of aliphatic hydroxyl groups is 1. The molecule has 98 valence electrons. The van der Waals surface area contributed by atoms with E-state index in [-0.39, 0.29) is 5.91 Å². The van der Waals surface area contributed by atoms with Gasteiger partial charge in [-0.05, 0) is 44.9 Å². The molecule has 18 heavy (non-hydrogen) atoms. The van der Waals surface area contributed by atoms with Crippen LogP contribution >= 0.6 is 11.6 Å². The Hall–Kier alpha value is -1.06. The molecule has 4 heteroatoms. The molecule has 1 heterocycles. The van der Waals surface area contributed by atoms with Gasteiger partial charge in [-0.25, -0.2) is 0 Å². The van der Waals surface area contributed by atoms with Gasteiger partial charge in [0.05, 0.1) is 11.6 Å². The van der Waals surface area contributed by atoms with Gasteiger partial charge in [0, 0.05) is 17.1 Å². The van der Waals surface area contributed by atoms with E-state index in [1.54, 1.807) is 29.2 Å². The first-order valence-electron chi connectivity index (χ1n) is 6.18. The fourth-order valence-corrected chi connectivity index (χ4v) is 2.59. The van der Waals surface area contributed by atoms with E-state index in [1.165, 1.54) is 0 Å². The number of nitrogens with zero attached hydrogens (tertiary/aromatic N) is 1. The van der Waals surface area contributed by atoms with Crippen molar-refractivity contribution in [2.75, 3.05) is 6.54 Å². The van der Waals surface area contributed by atoms with E-state index in [4.69, 9.17) is 11.6 Å². The lowest BCUT2D eigenvalue weighted by atomic mass is 9.86. The Morgan fingerprint density at radius 1 is 1.50 bits per heavy atom. The second kappa shape index (κ2) is 4.90. The van der Waals surface area contributed by atoms with Gasteiger partial charge in [0.15, 0.2) is 0 Å². The minimum atomic E-state index is -0.530. The van der Waals surface area contributed by atoms with Crippen LogP contribution in [0.3, 0.4) is 0 Å². The fourth-order valence-electron chi connectivity index (χ4n) is 2.40. The van der Waals surface area contributed by atoms with E-state index in [9.17, 15) is 9.90 Å². The Kier molecular flexibility index (Phi) is 3.64. The highest BCUT2D eigenvalue weighted by Crippen LogP contribution is 2.29. The van der Waals surface area contributed by atoms with Gasteiger partial charge in [0.1, 0.15) is 0 Å². The smallest absolute Gasteiger partial charge is 0.254 e. The van der Waals surface area contributed by atoms with Crippen molar-refractivity contribution in [3.8, 4) is 0 Å². The van der Waals surface area contributed by atoms with Gasteiger partial charge in [-0.1, -0.05) is 17.7 Å². The van der Waals surface area contributed by atoms with Crippen LogP contribution in [0.2, 0.25) is 5.02 Å². The first-order chi connectivity index (χ1) is 8.43. The average molecular weight is 268 g/mol. The van der Waals surface area contributed by atoms with Crippen LogP contribution in [-0.2, 0) is 0 Å². The average Bonchev–Trinajstić information content (AvgIpc) is 2.32. The van der Waals surface area contributed by atoms with Crippen LogP contribution in [0.15, 0.2) is 24.3 Å². The predicted octanol–water partition coefficient (Wildman–Crippen LogP) is 2.72. The van der Waals surface area contributed by atoms with Crippen LogP contribution in [0.5, 0.6) is 0 Å². The summed E-state index contributed by atoms with van der Waals surface area (Å²) in [6.45, 7) is 4.48. The quantitative estimate of drug-likeness (QED) is 0.850. The number of hydrogen-bond donors (Lipinski definition) is 1. The Balaban J connectivity index is 2.28. The van der Waals surface area contributed by atoms with Crippen molar-refractivity contribution in [1.82, 2.24) is 4.90 Å². The summed E-state index contributed by atoms with van der Waals surface area (Å²) < 4.78 is 0. The summed E-state index contributed by atoms with van der Waals surface area (Å²) in [5, 5.41) is 10.6. The molecule has 1 N–H and O–H groups in total. The van der Waals surface area contributed by atoms with E-state index in [1.807, 2.05) is 13.8 Å². The van der Waals surface area contributed by atoms with E-state index in [2.05, 4.69) is 0 Å². The largest absolute Gasteiger partial charge is 0.391 e. The van der Waals surface area contributed by atoms with Crippen molar-refractivity contribution in [3.63, 3.8) is 0 Å². The highest BCUT2D eigenvalue weighted by Gasteiger charge is 2.40. The number of benzene rings is 1. The lowest BCUT2D eigenvalue weighted by Gasteiger charge is -2.45. The third-order valence-electron chi connectivity index (χ3n) is 3.69. The summed E-state index contributed by atoms with van der Waals surface area (Å²) in [6.07, 6.45) is 1.10. The number of halogens is 1. The first kappa shape index (κ1) is 13.4. The van der Waals surface area contributed by atoms with Crippen molar-refractivity contribution in [2.24, 2.45) is 0 Å². The second-order valence-corrected chi connectivity index (χ2v) is 5.72. The predicted molar refractivity (Wildman–Crippen MR) is 71.8 cm³/mol. The molecule has 0 radical (unpaired) electrons. The Bertz CT molecular complexity index is 459. The number of amides is 1. The lowest BCUT2D eigenvalue weighted by Crippen LogP contribution is -2.58. The molecule has 2 rings (SSSR count). The normalized spacial score (nSPS) is 22.9. The summed E-state index contributed by atoms with van der Waals surface area (Å²) in [7, 11) is 0. The number of rotatable bonds is 1. The molecule has 1 saturated heterocycles. The third-order valence-corrected chi connectivity index (χ3v) is 3.92. The molecule has 0 bridgehead atoms. The molecule has 1 aliphatic rings. The molecule has 1 unspecified atom stereocenters. The zero-order chi connectivity index (χ0) is 13.3. The van der Waals surface area contributed by atoms with E-state index >= 15 is 0 Å². The van der Waals surface area contributed by atoms with Gasteiger partial charge in [-0.15, -0.1) is 0 Å². The maximum atomic E-state index is 12.5. The molecule has 1 aromatic rings. The third kappa shape index (κ3) is 2.38.